The second kappa shape index (κ2) is 6.87. The molecule has 3 nitrogen and oxygen atoms in total. The number of aryl methyl sites for hydroxylation is 1. The highest BCUT2D eigenvalue weighted by Gasteiger charge is 2.25. The van der Waals surface area contributed by atoms with Crippen molar-refractivity contribution in [1.82, 2.24) is 15.3 Å². The van der Waals surface area contributed by atoms with Crippen LogP contribution < -0.4 is 5.32 Å². The van der Waals surface area contributed by atoms with Crippen LogP contribution in [0.3, 0.4) is 0 Å². The summed E-state index contributed by atoms with van der Waals surface area (Å²) in [4.78, 5) is 9.75. The van der Waals surface area contributed by atoms with Gasteiger partial charge in [0.15, 0.2) is 0 Å². The zero-order chi connectivity index (χ0) is 14.7. The van der Waals surface area contributed by atoms with Gasteiger partial charge in [0, 0.05) is 29.4 Å². The van der Waals surface area contributed by atoms with Gasteiger partial charge in [-0.25, -0.2) is 9.97 Å². The lowest BCUT2D eigenvalue weighted by Crippen LogP contribution is -2.20. The maximum Gasteiger partial charge on any atom is 0.131 e. The predicted molar refractivity (Wildman–Crippen MR) is 86.4 cm³/mol. The van der Waals surface area contributed by atoms with E-state index in [4.69, 9.17) is 9.97 Å². The van der Waals surface area contributed by atoms with Crippen LogP contribution >= 0.6 is 0 Å². The van der Waals surface area contributed by atoms with Gasteiger partial charge in [0.2, 0.25) is 0 Å². The minimum atomic E-state index is 0.451. The van der Waals surface area contributed by atoms with Gasteiger partial charge in [0.1, 0.15) is 5.82 Å². The summed E-state index contributed by atoms with van der Waals surface area (Å²) in [5.74, 6) is 2.67. The number of fused-ring (bicyclic) bond motifs is 1. The first kappa shape index (κ1) is 15.0. The highest BCUT2D eigenvalue weighted by Crippen LogP contribution is 2.36. The van der Waals surface area contributed by atoms with Crippen molar-refractivity contribution in [2.75, 3.05) is 7.05 Å². The van der Waals surface area contributed by atoms with E-state index in [2.05, 4.69) is 25.5 Å². The van der Waals surface area contributed by atoms with E-state index in [9.17, 15) is 0 Å². The van der Waals surface area contributed by atoms with Crippen LogP contribution in [-0.2, 0) is 6.42 Å². The number of aromatic nitrogens is 2. The molecule has 1 N–H and O–H groups in total. The lowest BCUT2D eigenvalue weighted by Gasteiger charge is -2.27. The van der Waals surface area contributed by atoms with Gasteiger partial charge in [0.05, 0.1) is 0 Å². The zero-order valence-corrected chi connectivity index (χ0v) is 13.6. The number of nitrogens with zero attached hydrogens (tertiary/aromatic N) is 2. The van der Waals surface area contributed by atoms with E-state index in [1.54, 1.807) is 0 Å². The molecule has 2 aliphatic carbocycles. The Hall–Kier alpha value is -0.960. The Bertz CT molecular complexity index is 464. The molecule has 1 unspecified atom stereocenters. The Kier molecular flexibility index (Phi) is 4.89. The van der Waals surface area contributed by atoms with Crippen molar-refractivity contribution in [2.24, 2.45) is 5.92 Å². The van der Waals surface area contributed by atoms with E-state index in [1.807, 2.05) is 0 Å². The summed E-state index contributed by atoms with van der Waals surface area (Å²) in [7, 11) is 2.06. The van der Waals surface area contributed by atoms with E-state index in [-0.39, 0.29) is 0 Å². The maximum atomic E-state index is 4.99. The van der Waals surface area contributed by atoms with Gasteiger partial charge >= 0.3 is 0 Å². The number of hydrogen-bond donors (Lipinski definition) is 1. The van der Waals surface area contributed by atoms with Gasteiger partial charge in [0.25, 0.3) is 0 Å². The van der Waals surface area contributed by atoms with Gasteiger partial charge in [-0.1, -0.05) is 19.8 Å². The van der Waals surface area contributed by atoms with Gasteiger partial charge in [-0.3, -0.25) is 0 Å². The number of rotatable bonds is 3. The fourth-order valence-corrected chi connectivity index (χ4v) is 4.06. The molecule has 3 heteroatoms. The van der Waals surface area contributed by atoms with Crippen molar-refractivity contribution in [2.45, 2.75) is 76.7 Å². The third-order valence-corrected chi connectivity index (χ3v) is 5.59. The second-order valence-corrected chi connectivity index (χ2v) is 6.84. The predicted octanol–water partition coefficient (Wildman–Crippen LogP) is 4.15. The highest BCUT2D eigenvalue weighted by molar-refractivity contribution is 5.24. The third-order valence-electron chi connectivity index (χ3n) is 5.59. The van der Waals surface area contributed by atoms with E-state index in [0.717, 1.165) is 18.2 Å². The maximum absolute atomic E-state index is 4.99. The molecule has 1 aromatic heterocycles. The minimum Gasteiger partial charge on any atom is -0.313 e. The SMILES string of the molecule is CCC1CCC(c2ncc3c(n2)CCCCC3NC)CC1. The van der Waals surface area contributed by atoms with Crippen molar-refractivity contribution in [3.05, 3.63) is 23.3 Å². The Morgan fingerprint density at radius 3 is 2.67 bits per heavy atom. The largest absolute Gasteiger partial charge is 0.313 e. The van der Waals surface area contributed by atoms with Crippen molar-refractivity contribution < 1.29 is 0 Å². The molecule has 3 rings (SSSR count). The van der Waals surface area contributed by atoms with Crippen LogP contribution in [0.4, 0.5) is 0 Å². The van der Waals surface area contributed by atoms with Crippen LogP contribution in [0.25, 0.3) is 0 Å². The van der Waals surface area contributed by atoms with Gasteiger partial charge in [-0.15, -0.1) is 0 Å². The lowest BCUT2D eigenvalue weighted by molar-refractivity contribution is 0.311. The van der Waals surface area contributed by atoms with Gasteiger partial charge in [-0.05, 0) is 57.9 Å². The van der Waals surface area contributed by atoms with E-state index >= 15 is 0 Å². The van der Waals surface area contributed by atoms with Crippen LogP contribution in [0.15, 0.2) is 6.20 Å². The molecular formula is C18H29N3. The average molecular weight is 287 g/mol. The third kappa shape index (κ3) is 3.28. The summed E-state index contributed by atoms with van der Waals surface area (Å²) in [6.07, 6.45) is 13.7. The molecule has 0 saturated heterocycles. The Labute approximate surface area is 129 Å². The Morgan fingerprint density at radius 1 is 1.14 bits per heavy atom. The molecule has 1 atom stereocenters. The molecule has 0 spiro atoms. The summed E-state index contributed by atoms with van der Waals surface area (Å²) in [5, 5.41) is 3.43. The van der Waals surface area contributed by atoms with E-state index < -0.39 is 0 Å². The molecule has 0 bridgehead atoms. The van der Waals surface area contributed by atoms with E-state index in [0.29, 0.717) is 12.0 Å². The monoisotopic (exact) mass is 287 g/mol. The summed E-state index contributed by atoms with van der Waals surface area (Å²) >= 11 is 0. The Morgan fingerprint density at radius 2 is 1.95 bits per heavy atom. The second-order valence-electron chi connectivity index (χ2n) is 6.84. The molecule has 0 radical (unpaired) electrons. The van der Waals surface area contributed by atoms with Crippen molar-refractivity contribution in [3.8, 4) is 0 Å². The lowest BCUT2D eigenvalue weighted by atomic mass is 9.80. The summed E-state index contributed by atoms with van der Waals surface area (Å²) < 4.78 is 0. The molecule has 1 saturated carbocycles. The molecule has 1 heterocycles. The zero-order valence-electron chi connectivity index (χ0n) is 13.6. The van der Waals surface area contributed by atoms with Crippen LogP contribution in [-0.4, -0.2) is 17.0 Å². The molecular weight excluding hydrogens is 258 g/mol. The first-order valence-corrected chi connectivity index (χ1v) is 8.84. The van der Waals surface area contributed by atoms with Crippen molar-refractivity contribution in [1.29, 1.82) is 0 Å². The molecule has 1 aromatic rings. The average Bonchev–Trinajstić information content (AvgIpc) is 2.76. The molecule has 0 aromatic carbocycles. The fraction of sp³-hybridized carbons (Fsp3) is 0.778. The van der Waals surface area contributed by atoms with Crippen molar-refractivity contribution in [3.63, 3.8) is 0 Å². The molecule has 0 amide bonds. The first-order chi connectivity index (χ1) is 10.3. The molecule has 0 aliphatic heterocycles. The van der Waals surface area contributed by atoms with Crippen molar-refractivity contribution >= 4 is 0 Å². The van der Waals surface area contributed by atoms with Crippen LogP contribution in [0.5, 0.6) is 0 Å². The van der Waals surface area contributed by atoms with Crippen LogP contribution in [0.1, 0.15) is 87.3 Å². The highest BCUT2D eigenvalue weighted by atomic mass is 14.9. The molecule has 21 heavy (non-hydrogen) atoms. The number of nitrogens with one attached hydrogen (secondary N) is 1. The molecule has 116 valence electrons. The van der Waals surface area contributed by atoms with Gasteiger partial charge in [-0.2, -0.15) is 0 Å². The number of hydrogen-bond acceptors (Lipinski definition) is 3. The standard InChI is InChI=1S/C18H29N3/c1-3-13-8-10-14(11-9-13)18-20-12-15-16(19-2)6-4-5-7-17(15)21-18/h12-14,16,19H,3-11H2,1-2H3. The fourth-order valence-electron chi connectivity index (χ4n) is 4.06. The van der Waals surface area contributed by atoms with E-state index in [1.165, 1.54) is 62.6 Å². The summed E-state index contributed by atoms with van der Waals surface area (Å²) in [5.41, 5.74) is 2.66. The van der Waals surface area contributed by atoms with Gasteiger partial charge < -0.3 is 5.32 Å². The Balaban J connectivity index is 1.78. The van der Waals surface area contributed by atoms with Crippen LogP contribution in [0.2, 0.25) is 0 Å². The quantitative estimate of drug-likeness (QED) is 0.849. The summed E-state index contributed by atoms with van der Waals surface area (Å²) in [6, 6.07) is 0.451. The normalized spacial score (nSPS) is 29.7. The minimum absolute atomic E-state index is 0.451. The van der Waals surface area contributed by atoms with Crippen LogP contribution in [0, 0.1) is 5.92 Å². The smallest absolute Gasteiger partial charge is 0.131 e. The topological polar surface area (TPSA) is 37.8 Å². The molecule has 2 aliphatic rings. The molecule has 1 fully saturated rings. The summed E-state index contributed by atoms with van der Waals surface area (Å²) in [6.45, 7) is 2.32. The first-order valence-electron chi connectivity index (χ1n) is 8.84.